The molecule has 0 aromatic carbocycles. The molecule has 0 bridgehead atoms. The van der Waals surface area contributed by atoms with Gasteiger partial charge in [0.15, 0.2) is 5.96 Å². The van der Waals surface area contributed by atoms with Gasteiger partial charge in [0.1, 0.15) is 24.2 Å². The van der Waals surface area contributed by atoms with Crippen molar-refractivity contribution in [3.63, 3.8) is 0 Å². The van der Waals surface area contributed by atoms with E-state index in [9.17, 15) is 28.8 Å². The first-order valence-electron chi connectivity index (χ1n) is 12.9. The summed E-state index contributed by atoms with van der Waals surface area (Å²) in [4.78, 5) is 81.1. The van der Waals surface area contributed by atoms with Crippen LogP contribution in [0.4, 0.5) is 0 Å². The number of carboxylic acid groups (broad SMARTS) is 1. The summed E-state index contributed by atoms with van der Waals surface area (Å²) in [6, 6.07) is -5.00. The second-order valence-corrected chi connectivity index (χ2v) is 9.73. The number of aliphatic carboxylic acids is 1. The summed E-state index contributed by atoms with van der Waals surface area (Å²) in [5, 5.41) is 13.8. The smallest absolute Gasteiger partial charge is 0.305 e. The number of carbonyl (C=O) groups is 6. The molecule has 5 amide bonds. The van der Waals surface area contributed by atoms with E-state index in [1.165, 1.54) is 16.7 Å². The maximum atomic E-state index is 13.5. The SMILES string of the molecule is C[C@H](NC(=O)[C@@H](N)CC(=O)O)C(=O)N1CCC[C@H]1C(=O)N1CCC[C@H]1C(=O)N[C@@H](CCCN=C(N)N)C(N)=O. The van der Waals surface area contributed by atoms with Gasteiger partial charge < -0.3 is 48.5 Å². The lowest BCUT2D eigenvalue weighted by Gasteiger charge is -2.32. The summed E-state index contributed by atoms with van der Waals surface area (Å²) in [5.74, 6) is -4.30. The van der Waals surface area contributed by atoms with Crippen molar-refractivity contribution in [2.24, 2.45) is 27.9 Å². The zero-order valence-electron chi connectivity index (χ0n) is 22.0. The number of rotatable bonds is 13. The van der Waals surface area contributed by atoms with Gasteiger partial charge in [0.2, 0.25) is 29.5 Å². The minimum atomic E-state index is -1.33. The highest BCUT2D eigenvalue weighted by Crippen LogP contribution is 2.25. The fourth-order valence-electron chi connectivity index (χ4n) is 4.75. The molecule has 2 saturated heterocycles. The molecule has 16 heteroatoms. The van der Waals surface area contributed by atoms with Crippen LogP contribution in [0.25, 0.3) is 0 Å². The van der Waals surface area contributed by atoms with Crippen molar-refractivity contribution in [3.8, 4) is 0 Å². The van der Waals surface area contributed by atoms with E-state index < -0.39 is 72.1 Å². The Labute approximate surface area is 225 Å². The number of hydrogen-bond donors (Lipinski definition) is 7. The molecule has 0 radical (unpaired) electrons. The van der Waals surface area contributed by atoms with E-state index in [-0.39, 0.29) is 25.5 Å². The Morgan fingerprint density at radius 2 is 1.59 bits per heavy atom. The zero-order chi connectivity index (χ0) is 29.3. The maximum absolute atomic E-state index is 13.5. The predicted molar refractivity (Wildman–Crippen MR) is 138 cm³/mol. The fourth-order valence-corrected chi connectivity index (χ4v) is 4.75. The summed E-state index contributed by atoms with van der Waals surface area (Å²) in [6.07, 6.45) is 1.88. The number of primary amides is 1. The van der Waals surface area contributed by atoms with Gasteiger partial charge in [0.05, 0.1) is 12.5 Å². The van der Waals surface area contributed by atoms with Crippen molar-refractivity contribution in [2.45, 2.75) is 82.1 Å². The van der Waals surface area contributed by atoms with Gasteiger partial charge in [-0.15, -0.1) is 0 Å². The highest BCUT2D eigenvalue weighted by Gasteiger charge is 2.43. The van der Waals surface area contributed by atoms with E-state index in [4.69, 9.17) is 28.0 Å². The highest BCUT2D eigenvalue weighted by atomic mass is 16.4. The van der Waals surface area contributed by atoms with Crippen molar-refractivity contribution in [3.05, 3.63) is 0 Å². The maximum Gasteiger partial charge on any atom is 0.305 e. The molecule has 2 aliphatic rings. The molecule has 0 saturated carbocycles. The number of nitrogens with zero attached hydrogens (tertiary/aromatic N) is 3. The van der Waals surface area contributed by atoms with E-state index in [0.717, 1.165) is 0 Å². The third-order valence-electron chi connectivity index (χ3n) is 6.73. The van der Waals surface area contributed by atoms with Gasteiger partial charge in [-0.1, -0.05) is 0 Å². The van der Waals surface area contributed by atoms with Crippen LogP contribution in [-0.2, 0) is 28.8 Å². The molecule has 0 aromatic rings. The number of nitrogens with one attached hydrogen (secondary N) is 2. The van der Waals surface area contributed by atoms with Gasteiger partial charge in [0, 0.05) is 19.6 Å². The van der Waals surface area contributed by atoms with Gasteiger partial charge in [-0.2, -0.15) is 0 Å². The van der Waals surface area contributed by atoms with Crippen LogP contribution < -0.4 is 33.6 Å². The zero-order valence-corrected chi connectivity index (χ0v) is 22.0. The number of likely N-dealkylation sites (tertiary alicyclic amines) is 2. The predicted octanol–water partition coefficient (Wildman–Crippen LogP) is -3.70. The molecule has 218 valence electrons. The van der Waals surface area contributed by atoms with Crippen LogP contribution in [0.3, 0.4) is 0 Å². The van der Waals surface area contributed by atoms with Crippen molar-refractivity contribution < 1.29 is 33.9 Å². The Morgan fingerprint density at radius 3 is 2.18 bits per heavy atom. The molecule has 2 heterocycles. The number of amides is 5. The van der Waals surface area contributed by atoms with Crippen LogP contribution in [0.2, 0.25) is 0 Å². The van der Waals surface area contributed by atoms with Crippen molar-refractivity contribution in [2.75, 3.05) is 19.6 Å². The third kappa shape index (κ3) is 8.80. The summed E-state index contributed by atoms with van der Waals surface area (Å²) in [7, 11) is 0. The number of guanidine groups is 1. The van der Waals surface area contributed by atoms with Crippen molar-refractivity contribution in [1.82, 2.24) is 20.4 Å². The van der Waals surface area contributed by atoms with Crippen molar-refractivity contribution >= 4 is 41.5 Å². The van der Waals surface area contributed by atoms with E-state index in [0.29, 0.717) is 38.6 Å². The van der Waals surface area contributed by atoms with Crippen LogP contribution in [0.5, 0.6) is 0 Å². The van der Waals surface area contributed by atoms with Gasteiger partial charge in [-0.25, -0.2) is 0 Å². The molecule has 39 heavy (non-hydrogen) atoms. The van der Waals surface area contributed by atoms with Crippen LogP contribution in [0.1, 0.15) is 51.9 Å². The average molecular weight is 554 g/mol. The van der Waals surface area contributed by atoms with E-state index in [1.807, 2.05) is 0 Å². The first kappa shape index (κ1) is 31.3. The van der Waals surface area contributed by atoms with Crippen LogP contribution >= 0.6 is 0 Å². The summed E-state index contributed by atoms with van der Waals surface area (Å²) < 4.78 is 0. The molecule has 0 aromatic heterocycles. The minimum absolute atomic E-state index is 0.0901. The topological polar surface area (TPSA) is 270 Å². The lowest BCUT2D eigenvalue weighted by molar-refractivity contribution is -0.148. The molecule has 5 atom stereocenters. The second kappa shape index (κ2) is 14.3. The Morgan fingerprint density at radius 1 is 0.974 bits per heavy atom. The van der Waals surface area contributed by atoms with E-state index in [2.05, 4.69) is 15.6 Å². The normalized spacial score (nSPS) is 21.0. The number of carboxylic acids is 1. The third-order valence-corrected chi connectivity index (χ3v) is 6.73. The fraction of sp³-hybridized carbons (Fsp3) is 0.696. The van der Waals surface area contributed by atoms with Crippen LogP contribution in [0.15, 0.2) is 4.99 Å². The monoisotopic (exact) mass is 553 g/mol. The number of carbonyl (C=O) groups excluding carboxylic acids is 5. The average Bonchev–Trinajstić information content (AvgIpc) is 3.54. The van der Waals surface area contributed by atoms with Crippen LogP contribution in [0, 0.1) is 0 Å². The van der Waals surface area contributed by atoms with Gasteiger partial charge in [-0.3, -0.25) is 33.8 Å². The Bertz CT molecular complexity index is 985. The highest BCUT2D eigenvalue weighted by molar-refractivity contribution is 5.96. The molecule has 2 fully saturated rings. The Kier molecular flexibility index (Phi) is 11.4. The number of hydrogen-bond acceptors (Lipinski definition) is 8. The standard InChI is InChI=1S/C23H39N9O7/c1-12(29-19(36)13(24)11-17(33)34)21(38)32-10-4-7-16(32)22(39)31-9-3-6-15(31)20(37)30-14(18(25)35)5-2-8-28-23(26)27/h12-16H,2-11,24H2,1H3,(H2,25,35)(H,29,36)(H,30,37)(H,33,34)(H4,26,27,28)/t12-,13-,14-,15-,16-/m0/s1. The van der Waals surface area contributed by atoms with Gasteiger partial charge in [-0.05, 0) is 45.4 Å². The molecular weight excluding hydrogens is 514 g/mol. The van der Waals surface area contributed by atoms with E-state index >= 15 is 0 Å². The first-order chi connectivity index (χ1) is 18.3. The Balaban J connectivity index is 2.02. The molecular formula is C23H39N9O7. The molecule has 0 aliphatic carbocycles. The van der Waals surface area contributed by atoms with E-state index in [1.54, 1.807) is 0 Å². The lowest BCUT2D eigenvalue weighted by Crippen LogP contribution is -2.57. The Hall–Kier alpha value is -3.95. The quantitative estimate of drug-likeness (QED) is 0.0666. The van der Waals surface area contributed by atoms with Crippen molar-refractivity contribution in [1.29, 1.82) is 0 Å². The first-order valence-corrected chi connectivity index (χ1v) is 12.9. The van der Waals surface area contributed by atoms with Gasteiger partial charge >= 0.3 is 5.97 Å². The largest absolute Gasteiger partial charge is 0.481 e. The summed E-state index contributed by atoms with van der Waals surface area (Å²) in [6.45, 7) is 2.27. The minimum Gasteiger partial charge on any atom is -0.481 e. The molecule has 0 spiro atoms. The molecule has 0 unspecified atom stereocenters. The van der Waals surface area contributed by atoms with Gasteiger partial charge in [0.25, 0.3) is 0 Å². The molecule has 16 nitrogen and oxygen atoms in total. The molecule has 2 rings (SSSR count). The number of nitrogens with two attached hydrogens (primary N) is 4. The molecule has 2 aliphatic heterocycles. The van der Waals surface area contributed by atoms with Crippen LogP contribution in [-0.4, -0.2) is 106 Å². The summed E-state index contributed by atoms with van der Waals surface area (Å²) in [5.41, 5.74) is 21.6. The lowest BCUT2D eigenvalue weighted by atomic mass is 10.1. The molecule has 11 N–H and O–H groups in total. The number of aliphatic imine (C=N–C) groups is 1. The second-order valence-electron chi connectivity index (χ2n) is 9.73. The summed E-state index contributed by atoms with van der Waals surface area (Å²) >= 11 is 0.